The Kier molecular flexibility index (Phi) is 4.87. The minimum atomic E-state index is -0.248. The molecule has 2 amide bonds. The van der Waals surface area contributed by atoms with E-state index in [1.807, 2.05) is 79.7 Å². The first kappa shape index (κ1) is 15.7. The number of hydrogen-bond acceptors (Lipinski definition) is 2. The fourth-order valence-corrected chi connectivity index (χ4v) is 2.50. The van der Waals surface area contributed by atoms with Gasteiger partial charge in [-0.15, -0.1) is 0 Å². The largest absolute Gasteiger partial charge is 0.332 e. The monoisotopic (exact) mass is 317 g/mol. The quantitative estimate of drug-likeness (QED) is 0.750. The van der Waals surface area contributed by atoms with Crippen molar-refractivity contribution in [2.24, 2.45) is 0 Å². The van der Waals surface area contributed by atoms with E-state index in [0.29, 0.717) is 6.54 Å². The molecule has 0 bridgehead atoms. The molecule has 4 nitrogen and oxygen atoms in total. The summed E-state index contributed by atoms with van der Waals surface area (Å²) in [6.07, 6.45) is 0. The summed E-state index contributed by atoms with van der Waals surface area (Å²) in [4.78, 5) is 16.6. The highest BCUT2D eigenvalue weighted by Crippen LogP contribution is 2.27. The maximum Gasteiger partial charge on any atom is 0.319 e. The molecule has 3 rings (SSSR count). The SMILES string of the molecule is Cc1cccc(CNC(=O)Nc2ccccc2-c2ccccc2)n1. The first-order valence-corrected chi connectivity index (χ1v) is 7.84. The van der Waals surface area contributed by atoms with Gasteiger partial charge in [0.05, 0.1) is 17.9 Å². The summed E-state index contributed by atoms with van der Waals surface area (Å²) in [5.41, 5.74) is 4.60. The lowest BCUT2D eigenvalue weighted by Crippen LogP contribution is -2.28. The maximum absolute atomic E-state index is 12.2. The number of rotatable bonds is 4. The van der Waals surface area contributed by atoms with E-state index < -0.39 is 0 Å². The highest BCUT2D eigenvalue weighted by Gasteiger charge is 2.08. The summed E-state index contributed by atoms with van der Waals surface area (Å²) >= 11 is 0. The molecule has 1 heterocycles. The Labute approximate surface area is 141 Å². The summed E-state index contributed by atoms with van der Waals surface area (Å²) in [6.45, 7) is 2.32. The van der Waals surface area contributed by atoms with Crippen molar-refractivity contribution in [3.8, 4) is 11.1 Å². The number of para-hydroxylation sites is 1. The van der Waals surface area contributed by atoms with Crippen LogP contribution in [0.25, 0.3) is 11.1 Å². The average Bonchev–Trinajstić information content (AvgIpc) is 2.61. The summed E-state index contributed by atoms with van der Waals surface area (Å²) in [6, 6.07) is 23.2. The molecular formula is C20H19N3O. The van der Waals surface area contributed by atoms with Gasteiger partial charge in [0.25, 0.3) is 0 Å². The number of anilines is 1. The molecule has 0 saturated carbocycles. The molecule has 0 aliphatic heterocycles. The van der Waals surface area contributed by atoms with E-state index in [-0.39, 0.29) is 6.03 Å². The van der Waals surface area contributed by atoms with E-state index >= 15 is 0 Å². The van der Waals surface area contributed by atoms with Crippen LogP contribution in [0.4, 0.5) is 10.5 Å². The van der Waals surface area contributed by atoms with Crippen molar-refractivity contribution in [3.05, 3.63) is 84.2 Å². The number of hydrogen-bond donors (Lipinski definition) is 2. The van der Waals surface area contributed by atoms with E-state index in [1.54, 1.807) is 0 Å². The summed E-state index contributed by atoms with van der Waals surface area (Å²) in [5, 5.41) is 5.76. The Morgan fingerprint density at radius 3 is 2.46 bits per heavy atom. The van der Waals surface area contributed by atoms with Gasteiger partial charge in [0.1, 0.15) is 0 Å². The third-order valence-electron chi connectivity index (χ3n) is 3.64. The van der Waals surface area contributed by atoms with Crippen LogP contribution in [0.1, 0.15) is 11.4 Å². The van der Waals surface area contributed by atoms with Crippen LogP contribution in [-0.2, 0) is 6.54 Å². The van der Waals surface area contributed by atoms with Crippen LogP contribution in [0.3, 0.4) is 0 Å². The van der Waals surface area contributed by atoms with E-state index in [2.05, 4.69) is 15.6 Å². The van der Waals surface area contributed by atoms with Crippen LogP contribution in [0, 0.1) is 6.92 Å². The van der Waals surface area contributed by atoms with Gasteiger partial charge in [-0.05, 0) is 30.7 Å². The molecule has 4 heteroatoms. The Hall–Kier alpha value is -3.14. The molecule has 2 N–H and O–H groups in total. The smallest absolute Gasteiger partial charge is 0.319 e. The van der Waals surface area contributed by atoms with Crippen molar-refractivity contribution >= 4 is 11.7 Å². The van der Waals surface area contributed by atoms with E-state index in [9.17, 15) is 4.79 Å². The van der Waals surface area contributed by atoms with Crippen LogP contribution in [-0.4, -0.2) is 11.0 Å². The normalized spacial score (nSPS) is 10.2. The number of carbonyl (C=O) groups is 1. The predicted molar refractivity (Wildman–Crippen MR) is 96.7 cm³/mol. The zero-order chi connectivity index (χ0) is 16.8. The van der Waals surface area contributed by atoms with Gasteiger partial charge in [-0.3, -0.25) is 4.98 Å². The molecular weight excluding hydrogens is 298 g/mol. The zero-order valence-corrected chi connectivity index (χ0v) is 13.5. The van der Waals surface area contributed by atoms with Gasteiger partial charge in [-0.1, -0.05) is 54.6 Å². The molecule has 0 radical (unpaired) electrons. The maximum atomic E-state index is 12.2. The molecule has 2 aromatic carbocycles. The zero-order valence-electron chi connectivity index (χ0n) is 13.5. The molecule has 0 aliphatic carbocycles. The van der Waals surface area contributed by atoms with Crippen LogP contribution in [0.5, 0.6) is 0 Å². The lowest BCUT2D eigenvalue weighted by Gasteiger charge is -2.12. The van der Waals surface area contributed by atoms with Gasteiger partial charge in [0, 0.05) is 11.3 Å². The van der Waals surface area contributed by atoms with Crippen molar-refractivity contribution in [1.29, 1.82) is 0 Å². The molecule has 0 atom stereocenters. The van der Waals surface area contributed by atoms with Gasteiger partial charge < -0.3 is 10.6 Å². The molecule has 0 saturated heterocycles. The van der Waals surface area contributed by atoms with Gasteiger partial charge in [0.15, 0.2) is 0 Å². The van der Waals surface area contributed by atoms with Crippen LogP contribution >= 0.6 is 0 Å². The summed E-state index contributed by atoms with van der Waals surface area (Å²) in [7, 11) is 0. The molecule has 0 spiro atoms. The Morgan fingerprint density at radius 2 is 1.67 bits per heavy atom. The van der Waals surface area contributed by atoms with Crippen molar-refractivity contribution in [3.63, 3.8) is 0 Å². The summed E-state index contributed by atoms with van der Waals surface area (Å²) < 4.78 is 0. The molecule has 0 fully saturated rings. The van der Waals surface area contributed by atoms with Crippen molar-refractivity contribution < 1.29 is 4.79 Å². The van der Waals surface area contributed by atoms with Gasteiger partial charge >= 0.3 is 6.03 Å². The van der Waals surface area contributed by atoms with Gasteiger partial charge in [0.2, 0.25) is 0 Å². The van der Waals surface area contributed by atoms with Crippen LogP contribution in [0.2, 0.25) is 0 Å². The lowest BCUT2D eigenvalue weighted by atomic mass is 10.0. The molecule has 1 aromatic heterocycles. The number of benzene rings is 2. The van der Waals surface area contributed by atoms with Crippen molar-refractivity contribution in [2.45, 2.75) is 13.5 Å². The Bertz CT molecular complexity index is 831. The fourth-order valence-electron chi connectivity index (χ4n) is 2.50. The van der Waals surface area contributed by atoms with E-state index in [0.717, 1.165) is 28.2 Å². The van der Waals surface area contributed by atoms with Crippen LogP contribution < -0.4 is 10.6 Å². The van der Waals surface area contributed by atoms with Gasteiger partial charge in [-0.25, -0.2) is 4.79 Å². The molecule has 24 heavy (non-hydrogen) atoms. The average molecular weight is 317 g/mol. The Balaban J connectivity index is 1.69. The number of nitrogens with zero attached hydrogens (tertiary/aromatic N) is 1. The number of nitrogens with one attached hydrogen (secondary N) is 2. The first-order chi connectivity index (χ1) is 11.7. The minimum Gasteiger partial charge on any atom is -0.332 e. The van der Waals surface area contributed by atoms with Gasteiger partial charge in [-0.2, -0.15) is 0 Å². The van der Waals surface area contributed by atoms with Crippen molar-refractivity contribution in [1.82, 2.24) is 10.3 Å². The topological polar surface area (TPSA) is 54.0 Å². The number of carbonyl (C=O) groups excluding carboxylic acids is 1. The number of aromatic nitrogens is 1. The third-order valence-corrected chi connectivity index (χ3v) is 3.64. The second-order valence-electron chi connectivity index (χ2n) is 5.49. The first-order valence-electron chi connectivity index (χ1n) is 7.84. The minimum absolute atomic E-state index is 0.248. The predicted octanol–water partition coefficient (Wildman–Crippen LogP) is 4.38. The molecule has 120 valence electrons. The second-order valence-corrected chi connectivity index (χ2v) is 5.49. The van der Waals surface area contributed by atoms with E-state index in [1.165, 1.54) is 0 Å². The molecule has 0 unspecified atom stereocenters. The number of pyridine rings is 1. The third kappa shape index (κ3) is 3.98. The number of amides is 2. The highest BCUT2D eigenvalue weighted by molar-refractivity contribution is 5.94. The summed E-state index contributed by atoms with van der Waals surface area (Å²) in [5.74, 6) is 0. The highest BCUT2D eigenvalue weighted by atomic mass is 16.2. The fraction of sp³-hybridized carbons (Fsp3) is 0.100. The molecule has 3 aromatic rings. The van der Waals surface area contributed by atoms with Crippen molar-refractivity contribution in [2.75, 3.05) is 5.32 Å². The standard InChI is InChI=1S/C20H19N3O/c1-15-8-7-11-17(22-15)14-21-20(24)23-19-13-6-5-12-18(19)16-9-3-2-4-10-16/h2-13H,14H2,1H3,(H2,21,23,24). The Morgan fingerprint density at radius 1 is 0.917 bits per heavy atom. The second kappa shape index (κ2) is 7.42. The molecule has 0 aliphatic rings. The van der Waals surface area contributed by atoms with E-state index in [4.69, 9.17) is 0 Å². The lowest BCUT2D eigenvalue weighted by molar-refractivity contribution is 0.251. The number of urea groups is 1. The van der Waals surface area contributed by atoms with Crippen LogP contribution in [0.15, 0.2) is 72.8 Å². The number of aryl methyl sites for hydroxylation is 1.